The van der Waals surface area contributed by atoms with Crippen LogP contribution in [-0.2, 0) is 28.8 Å². The molecule has 0 saturated carbocycles. The molecule has 0 fully saturated rings. The molecule has 310 valence electrons. The number of carbonyl (C=O) groups is 6. The van der Waals surface area contributed by atoms with Gasteiger partial charge in [-0.2, -0.15) is 0 Å². The Balaban J connectivity index is 0. The van der Waals surface area contributed by atoms with Crippen molar-refractivity contribution < 1.29 is 28.8 Å². The molecular formula is C48H67N3O6. The predicted octanol–water partition coefficient (Wildman–Crippen LogP) is 11.6. The second-order valence-corrected chi connectivity index (χ2v) is 12.0. The third-order valence-corrected chi connectivity index (χ3v) is 7.87. The number of benzene rings is 3. The maximum absolute atomic E-state index is 11.8. The maximum Gasteiger partial charge on any atom is 0.261 e. The van der Waals surface area contributed by atoms with Gasteiger partial charge in [-0.15, -0.1) is 0 Å². The summed E-state index contributed by atoms with van der Waals surface area (Å²) in [5, 5.41) is 0. The zero-order chi connectivity index (χ0) is 44.4. The first-order chi connectivity index (χ1) is 27.2. The van der Waals surface area contributed by atoms with Gasteiger partial charge in [-0.25, -0.2) is 14.7 Å². The number of rotatable bonds is 3. The Morgan fingerprint density at radius 3 is 0.544 bits per heavy atom. The first kappa shape index (κ1) is 53.4. The van der Waals surface area contributed by atoms with Crippen LogP contribution in [0.3, 0.4) is 0 Å². The SMILES string of the molecule is CC.CC.CC.CC1=C(C)C(=O)N(c2ccccc2)C1=O.CC1=C(C)C(=O)N(c2ccccc2)C1=O.CC1=C(C)C(=O)N(c2ccccc2)C1=O.CCC.CCC. The van der Waals surface area contributed by atoms with E-state index in [-0.39, 0.29) is 35.4 Å². The zero-order valence-corrected chi connectivity index (χ0v) is 37.4. The third kappa shape index (κ3) is 14.4. The lowest BCUT2D eigenvalue weighted by Gasteiger charge is -2.14. The van der Waals surface area contributed by atoms with Crippen molar-refractivity contribution >= 4 is 52.5 Å². The summed E-state index contributed by atoms with van der Waals surface area (Å²) in [6.07, 6.45) is 2.50. The van der Waals surface area contributed by atoms with E-state index in [9.17, 15) is 28.8 Å². The fraction of sp³-hybridized carbons (Fsp3) is 0.375. The molecule has 3 aromatic carbocycles. The van der Waals surface area contributed by atoms with Crippen molar-refractivity contribution in [3.63, 3.8) is 0 Å². The molecule has 9 nitrogen and oxygen atoms in total. The standard InChI is InChI=1S/3C12H11NO2.2C3H8.3C2H6/c3*1-8-9(2)12(15)13(11(8)14)10-6-4-3-5-7-10;2*1-3-2;3*1-2/h3*3-7H,1-2H3;2*3H2,1-2H3;3*1-2H3. The van der Waals surface area contributed by atoms with Crippen LogP contribution in [0.2, 0.25) is 0 Å². The van der Waals surface area contributed by atoms with Crippen molar-refractivity contribution in [1.29, 1.82) is 0 Å². The van der Waals surface area contributed by atoms with Gasteiger partial charge >= 0.3 is 0 Å². The molecule has 0 aliphatic carbocycles. The van der Waals surface area contributed by atoms with E-state index in [0.717, 1.165) is 0 Å². The number of nitrogens with zero attached hydrogens (tertiary/aromatic N) is 3. The number of carbonyl (C=O) groups excluding carboxylic acids is 6. The minimum Gasteiger partial charge on any atom is -0.269 e. The summed E-state index contributed by atoms with van der Waals surface area (Å²) < 4.78 is 0. The Morgan fingerprint density at radius 2 is 0.421 bits per heavy atom. The molecule has 0 aromatic heterocycles. The molecule has 3 aromatic rings. The van der Waals surface area contributed by atoms with Gasteiger partial charge in [-0.3, -0.25) is 28.8 Å². The second-order valence-electron chi connectivity index (χ2n) is 12.0. The van der Waals surface area contributed by atoms with E-state index in [0.29, 0.717) is 50.5 Å². The topological polar surface area (TPSA) is 112 Å². The van der Waals surface area contributed by atoms with E-state index >= 15 is 0 Å². The number of imide groups is 3. The molecule has 9 heteroatoms. The molecule has 0 N–H and O–H groups in total. The highest BCUT2D eigenvalue weighted by Crippen LogP contribution is 2.28. The lowest BCUT2D eigenvalue weighted by atomic mass is 10.2. The molecule has 3 aliphatic heterocycles. The number of hydrogen-bond acceptors (Lipinski definition) is 6. The first-order valence-corrected chi connectivity index (χ1v) is 20.0. The van der Waals surface area contributed by atoms with Crippen LogP contribution in [0.15, 0.2) is 124 Å². The molecule has 6 amide bonds. The molecule has 0 atom stereocenters. The average Bonchev–Trinajstić information content (AvgIpc) is 3.66. The Labute approximate surface area is 343 Å². The minimum atomic E-state index is -0.219. The van der Waals surface area contributed by atoms with Crippen LogP contribution in [0.4, 0.5) is 17.1 Å². The van der Waals surface area contributed by atoms with E-state index in [4.69, 9.17) is 0 Å². The van der Waals surface area contributed by atoms with Crippen molar-refractivity contribution in [1.82, 2.24) is 0 Å². The Kier molecular flexibility index (Phi) is 26.9. The fourth-order valence-electron chi connectivity index (χ4n) is 4.68. The van der Waals surface area contributed by atoms with Crippen LogP contribution < -0.4 is 14.7 Å². The molecule has 3 aliphatic rings. The maximum atomic E-state index is 11.8. The van der Waals surface area contributed by atoms with Gasteiger partial charge in [-0.1, -0.05) is 137 Å². The largest absolute Gasteiger partial charge is 0.269 e. The summed E-state index contributed by atoms with van der Waals surface area (Å²) in [6.45, 7) is 30.6. The zero-order valence-electron chi connectivity index (χ0n) is 37.4. The predicted molar refractivity (Wildman–Crippen MR) is 238 cm³/mol. The van der Waals surface area contributed by atoms with Crippen LogP contribution in [0.1, 0.15) is 124 Å². The van der Waals surface area contributed by atoms with Gasteiger partial charge in [0, 0.05) is 33.4 Å². The number of amides is 6. The third-order valence-electron chi connectivity index (χ3n) is 7.87. The Bertz CT molecular complexity index is 1560. The second kappa shape index (κ2) is 28.7. The van der Waals surface area contributed by atoms with Gasteiger partial charge < -0.3 is 0 Å². The van der Waals surface area contributed by atoms with Crippen LogP contribution >= 0.6 is 0 Å². The van der Waals surface area contributed by atoms with Crippen molar-refractivity contribution in [3.05, 3.63) is 124 Å². The monoisotopic (exact) mass is 782 g/mol. The first-order valence-electron chi connectivity index (χ1n) is 20.0. The van der Waals surface area contributed by atoms with E-state index in [2.05, 4.69) is 27.7 Å². The van der Waals surface area contributed by atoms with Crippen molar-refractivity contribution in [2.75, 3.05) is 14.7 Å². The molecule has 0 bridgehead atoms. The molecule has 57 heavy (non-hydrogen) atoms. The number of anilines is 3. The summed E-state index contributed by atoms with van der Waals surface area (Å²) >= 11 is 0. The molecule has 6 rings (SSSR count). The van der Waals surface area contributed by atoms with E-state index in [1.165, 1.54) is 27.5 Å². The van der Waals surface area contributed by atoms with Gasteiger partial charge in [0.05, 0.1) is 17.1 Å². The molecule has 3 heterocycles. The summed E-state index contributed by atoms with van der Waals surface area (Å²) in [5.41, 5.74) is 5.07. The minimum absolute atomic E-state index is 0.219. The molecule has 0 spiro atoms. The highest BCUT2D eigenvalue weighted by atomic mass is 16.2. The Morgan fingerprint density at radius 1 is 0.298 bits per heavy atom. The summed E-state index contributed by atoms with van der Waals surface area (Å²) in [5.74, 6) is -1.31. The van der Waals surface area contributed by atoms with E-state index in [1.54, 1.807) is 114 Å². The van der Waals surface area contributed by atoms with Crippen LogP contribution in [-0.4, -0.2) is 35.4 Å². The van der Waals surface area contributed by atoms with Gasteiger partial charge in [0.1, 0.15) is 0 Å². The van der Waals surface area contributed by atoms with E-state index in [1.807, 2.05) is 59.7 Å². The highest BCUT2D eigenvalue weighted by Gasteiger charge is 2.36. The van der Waals surface area contributed by atoms with Gasteiger partial charge in [0.15, 0.2) is 0 Å². The van der Waals surface area contributed by atoms with Crippen LogP contribution in [0, 0.1) is 0 Å². The van der Waals surface area contributed by atoms with Gasteiger partial charge in [0.25, 0.3) is 35.4 Å². The number of para-hydroxylation sites is 3. The smallest absolute Gasteiger partial charge is 0.261 e. The fourth-order valence-corrected chi connectivity index (χ4v) is 4.68. The van der Waals surface area contributed by atoms with Gasteiger partial charge in [-0.05, 0) is 77.9 Å². The molecule has 0 unspecified atom stereocenters. The van der Waals surface area contributed by atoms with Gasteiger partial charge in [0.2, 0.25) is 0 Å². The lowest BCUT2D eigenvalue weighted by molar-refractivity contribution is -0.122. The van der Waals surface area contributed by atoms with Crippen molar-refractivity contribution in [2.45, 2.75) is 124 Å². The lowest BCUT2D eigenvalue weighted by Crippen LogP contribution is -2.31. The molecular weight excluding hydrogens is 715 g/mol. The molecule has 0 saturated heterocycles. The van der Waals surface area contributed by atoms with Crippen molar-refractivity contribution in [2.24, 2.45) is 0 Å². The summed E-state index contributed by atoms with van der Waals surface area (Å²) in [7, 11) is 0. The van der Waals surface area contributed by atoms with Crippen molar-refractivity contribution in [3.8, 4) is 0 Å². The average molecular weight is 782 g/mol. The summed E-state index contributed by atoms with van der Waals surface area (Å²) in [4.78, 5) is 74.3. The molecule has 0 radical (unpaired) electrons. The highest BCUT2D eigenvalue weighted by molar-refractivity contribution is 6.34. The number of hydrogen-bond donors (Lipinski definition) is 0. The van der Waals surface area contributed by atoms with E-state index < -0.39 is 0 Å². The Hall–Kier alpha value is -5.70. The normalized spacial score (nSPS) is 14.0. The van der Waals surface area contributed by atoms with Crippen LogP contribution in [0.5, 0.6) is 0 Å². The van der Waals surface area contributed by atoms with Crippen LogP contribution in [0.25, 0.3) is 0 Å². The summed E-state index contributed by atoms with van der Waals surface area (Å²) in [6, 6.07) is 26.9. The quantitative estimate of drug-likeness (QED) is 0.245.